The molecule has 2 aromatic rings. The standard InChI is InChI=1S/C18H22N2/c1-14-7-3-6-10-17(14)18(19-2)13-20-11-15-8-4-5-9-16(15)12-20/h3-10,18-19H,11-13H2,1-2H3. The van der Waals surface area contributed by atoms with Gasteiger partial charge in [-0.05, 0) is 36.2 Å². The van der Waals surface area contributed by atoms with Gasteiger partial charge in [-0.3, -0.25) is 4.90 Å². The van der Waals surface area contributed by atoms with Crippen molar-refractivity contribution in [2.75, 3.05) is 13.6 Å². The molecule has 20 heavy (non-hydrogen) atoms. The van der Waals surface area contributed by atoms with Crippen molar-refractivity contribution in [2.24, 2.45) is 0 Å². The Kier molecular flexibility index (Phi) is 3.86. The zero-order valence-corrected chi connectivity index (χ0v) is 12.3. The highest BCUT2D eigenvalue weighted by atomic mass is 15.2. The van der Waals surface area contributed by atoms with E-state index in [1.54, 1.807) is 0 Å². The molecule has 0 amide bonds. The molecule has 1 aliphatic heterocycles. The maximum Gasteiger partial charge on any atom is 0.0449 e. The molecule has 0 radical (unpaired) electrons. The first-order valence-corrected chi connectivity index (χ1v) is 7.30. The number of fused-ring (bicyclic) bond motifs is 1. The molecule has 0 saturated carbocycles. The van der Waals surface area contributed by atoms with Crippen LogP contribution >= 0.6 is 0 Å². The third-order valence-corrected chi connectivity index (χ3v) is 4.26. The average molecular weight is 266 g/mol. The molecule has 1 N–H and O–H groups in total. The Balaban J connectivity index is 1.73. The van der Waals surface area contributed by atoms with Gasteiger partial charge in [0.15, 0.2) is 0 Å². The van der Waals surface area contributed by atoms with Gasteiger partial charge in [0.05, 0.1) is 0 Å². The molecule has 2 nitrogen and oxygen atoms in total. The Morgan fingerprint density at radius 2 is 1.60 bits per heavy atom. The van der Waals surface area contributed by atoms with Crippen LogP contribution in [0.2, 0.25) is 0 Å². The van der Waals surface area contributed by atoms with Crippen molar-refractivity contribution in [3.8, 4) is 0 Å². The number of aryl methyl sites for hydroxylation is 1. The maximum atomic E-state index is 3.47. The van der Waals surface area contributed by atoms with E-state index < -0.39 is 0 Å². The van der Waals surface area contributed by atoms with E-state index in [2.05, 4.69) is 72.7 Å². The Morgan fingerprint density at radius 3 is 2.20 bits per heavy atom. The second kappa shape index (κ2) is 5.78. The molecule has 0 aromatic heterocycles. The predicted octanol–water partition coefficient (Wildman–Crippen LogP) is 3.27. The molecular formula is C18H22N2. The average Bonchev–Trinajstić information content (AvgIpc) is 2.88. The smallest absolute Gasteiger partial charge is 0.0449 e. The van der Waals surface area contributed by atoms with Crippen LogP contribution in [0.3, 0.4) is 0 Å². The van der Waals surface area contributed by atoms with Gasteiger partial charge in [-0.25, -0.2) is 0 Å². The van der Waals surface area contributed by atoms with Crippen molar-refractivity contribution in [1.29, 1.82) is 0 Å². The molecule has 1 atom stereocenters. The second-order valence-electron chi connectivity index (χ2n) is 5.64. The molecule has 2 heteroatoms. The van der Waals surface area contributed by atoms with Gasteiger partial charge in [-0.1, -0.05) is 48.5 Å². The van der Waals surface area contributed by atoms with Gasteiger partial charge in [-0.2, -0.15) is 0 Å². The van der Waals surface area contributed by atoms with Crippen LogP contribution < -0.4 is 5.32 Å². The van der Waals surface area contributed by atoms with Gasteiger partial charge in [0.2, 0.25) is 0 Å². The molecule has 3 rings (SSSR count). The zero-order chi connectivity index (χ0) is 13.9. The summed E-state index contributed by atoms with van der Waals surface area (Å²) < 4.78 is 0. The summed E-state index contributed by atoms with van der Waals surface area (Å²) in [6.45, 7) is 5.38. The van der Waals surface area contributed by atoms with Crippen LogP contribution in [0.4, 0.5) is 0 Å². The minimum Gasteiger partial charge on any atom is -0.312 e. The predicted molar refractivity (Wildman–Crippen MR) is 83.5 cm³/mol. The largest absolute Gasteiger partial charge is 0.312 e. The van der Waals surface area contributed by atoms with Gasteiger partial charge >= 0.3 is 0 Å². The maximum absolute atomic E-state index is 3.47. The third-order valence-electron chi connectivity index (χ3n) is 4.26. The molecular weight excluding hydrogens is 244 g/mol. The number of nitrogens with zero attached hydrogens (tertiary/aromatic N) is 1. The van der Waals surface area contributed by atoms with Gasteiger partial charge in [0, 0.05) is 25.7 Å². The number of likely N-dealkylation sites (N-methyl/N-ethyl adjacent to an activating group) is 1. The van der Waals surface area contributed by atoms with E-state index >= 15 is 0 Å². The fourth-order valence-corrected chi connectivity index (χ4v) is 3.11. The third kappa shape index (κ3) is 2.62. The number of hydrogen-bond donors (Lipinski definition) is 1. The van der Waals surface area contributed by atoms with E-state index in [-0.39, 0.29) is 0 Å². The monoisotopic (exact) mass is 266 g/mol. The van der Waals surface area contributed by atoms with Crippen molar-refractivity contribution < 1.29 is 0 Å². The van der Waals surface area contributed by atoms with Gasteiger partial charge in [-0.15, -0.1) is 0 Å². The summed E-state index contributed by atoms with van der Waals surface area (Å²) in [6, 6.07) is 17.8. The summed E-state index contributed by atoms with van der Waals surface area (Å²) in [5, 5.41) is 3.47. The van der Waals surface area contributed by atoms with Crippen molar-refractivity contribution >= 4 is 0 Å². The minimum atomic E-state index is 0.394. The summed E-state index contributed by atoms with van der Waals surface area (Å²) in [7, 11) is 2.06. The second-order valence-corrected chi connectivity index (χ2v) is 5.64. The van der Waals surface area contributed by atoms with Crippen molar-refractivity contribution in [3.63, 3.8) is 0 Å². The summed E-state index contributed by atoms with van der Waals surface area (Å²) in [5.41, 5.74) is 5.73. The summed E-state index contributed by atoms with van der Waals surface area (Å²) >= 11 is 0. The lowest BCUT2D eigenvalue weighted by Gasteiger charge is -2.24. The Morgan fingerprint density at radius 1 is 1.00 bits per heavy atom. The molecule has 1 heterocycles. The zero-order valence-electron chi connectivity index (χ0n) is 12.3. The Hall–Kier alpha value is -1.64. The number of hydrogen-bond acceptors (Lipinski definition) is 2. The number of rotatable bonds is 4. The van der Waals surface area contributed by atoms with Gasteiger partial charge in [0.25, 0.3) is 0 Å². The van der Waals surface area contributed by atoms with E-state index in [4.69, 9.17) is 0 Å². The van der Waals surface area contributed by atoms with E-state index in [0.717, 1.165) is 19.6 Å². The van der Waals surface area contributed by atoms with Crippen LogP contribution in [0.25, 0.3) is 0 Å². The summed E-state index contributed by atoms with van der Waals surface area (Å²) in [4.78, 5) is 2.53. The lowest BCUT2D eigenvalue weighted by Crippen LogP contribution is -2.31. The molecule has 0 bridgehead atoms. The minimum absolute atomic E-state index is 0.394. The van der Waals surface area contributed by atoms with Crippen LogP contribution in [-0.4, -0.2) is 18.5 Å². The molecule has 0 aliphatic carbocycles. The van der Waals surface area contributed by atoms with Crippen LogP contribution in [0, 0.1) is 6.92 Å². The lowest BCUT2D eigenvalue weighted by atomic mass is 10.0. The Labute approximate surface area is 121 Å². The molecule has 1 unspecified atom stereocenters. The Bertz CT molecular complexity index is 566. The number of nitrogens with one attached hydrogen (secondary N) is 1. The molecule has 104 valence electrons. The molecule has 1 aliphatic rings. The van der Waals surface area contributed by atoms with Crippen molar-refractivity contribution in [2.45, 2.75) is 26.1 Å². The normalized spacial score (nSPS) is 16.1. The summed E-state index contributed by atoms with van der Waals surface area (Å²) in [6.07, 6.45) is 0. The topological polar surface area (TPSA) is 15.3 Å². The first kappa shape index (κ1) is 13.3. The van der Waals surface area contributed by atoms with E-state index in [0.29, 0.717) is 6.04 Å². The van der Waals surface area contributed by atoms with Gasteiger partial charge in [0.1, 0.15) is 0 Å². The van der Waals surface area contributed by atoms with Crippen LogP contribution in [0.15, 0.2) is 48.5 Å². The molecule has 2 aromatic carbocycles. The highest BCUT2D eigenvalue weighted by Gasteiger charge is 2.22. The number of benzene rings is 2. The highest BCUT2D eigenvalue weighted by Crippen LogP contribution is 2.25. The van der Waals surface area contributed by atoms with E-state index in [1.165, 1.54) is 22.3 Å². The summed E-state index contributed by atoms with van der Waals surface area (Å²) in [5.74, 6) is 0. The fraction of sp³-hybridized carbons (Fsp3) is 0.333. The first-order chi connectivity index (χ1) is 9.78. The van der Waals surface area contributed by atoms with E-state index in [9.17, 15) is 0 Å². The molecule has 0 spiro atoms. The quantitative estimate of drug-likeness (QED) is 0.913. The highest BCUT2D eigenvalue weighted by molar-refractivity contribution is 5.32. The SMILES string of the molecule is CNC(CN1Cc2ccccc2C1)c1ccccc1C. The van der Waals surface area contributed by atoms with Gasteiger partial charge < -0.3 is 5.32 Å². The fourth-order valence-electron chi connectivity index (χ4n) is 3.11. The molecule has 0 fully saturated rings. The van der Waals surface area contributed by atoms with Crippen LogP contribution in [-0.2, 0) is 13.1 Å². The van der Waals surface area contributed by atoms with Crippen molar-refractivity contribution in [3.05, 3.63) is 70.8 Å². The van der Waals surface area contributed by atoms with Crippen LogP contribution in [0.1, 0.15) is 28.3 Å². The first-order valence-electron chi connectivity index (χ1n) is 7.30. The van der Waals surface area contributed by atoms with Crippen molar-refractivity contribution in [1.82, 2.24) is 10.2 Å². The van der Waals surface area contributed by atoms with E-state index in [1.807, 2.05) is 0 Å². The molecule has 0 saturated heterocycles. The lowest BCUT2D eigenvalue weighted by molar-refractivity contribution is 0.253. The van der Waals surface area contributed by atoms with Crippen LogP contribution in [0.5, 0.6) is 0 Å².